The first-order chi connectivity index (χ1) is 9.13. The number of nitrogens with two attached hydrogens (primary N) is 1. The number of hydrogen-bond acceptors (Lipinski definition) is 2. The summed E-state index contributed by atoms with van der Waals surface area (Å²) >= 11 is 0. The van der Waals surface area contributed by atoms with E-state index < -0.39 is 6.10 Å². The van der Waals surface area contributed by atoms with Crippen LogP contribution in [0.3, 0.4) is 0 Å². The van der Waals surface area contributed by atoms with Crippen molar-refractivity contribution in [3.8, 4) is 0 Å². The zero-order valence-electron chi connectivity index (χ0n) is 12.0. The van der Waals surface area contributed by atoms with Gasteiger partial charge in [-0.2, -0.15) is 0 Å². The van der Waals surface area contributed by atoms with Crippen molar-refractivity contribution < 1.29 is 9.50 Å². The molecule has 0 aliphatic carbocycles. The Bertz CT molecular complexity index is 364. The number of aliphatic hydroxyl groups is 1. The van der Waals surface area contributed by atoms with E-state index in [1.54, 1.807) is 6.07 Å². The summed E-state index contributed by atoms with van der Waals surface area (Å²) in [4.78, 5) is 0. The van der Waals surface area contributed by atoms with E-state index in [-0.39, 0.29) is 17.7 Å². The zero-order valence-corrected chi connectivity index (χ0v) is 12.0. The largest absolute Gasteiger partial charge is 0.392 e. The fraction of sp³-hybridized carbons (Fsp3) is 0.625. The highest BCUT2D eigenvalue weighted by molar-refractivity contribution is 5.22. The topological polar surface area (TPSA) is 46.2 Å². The van der Waals surface area contributed by atoms with Crippen molar-refractivity contribution in [2.75, 3.05) is 6.54 Å². The molecule has 0 saturated carbocycles. The molecule has 0 aliphatic heterocycles. The van der Waals surface area contributed by atoms with E-state index >= 15 is 0 Å². The number of hydrogen-bond donors (Lipinski definition) is 2. The lowest BCUT2D eigenvalue weighted by molar-refractivity contribution is 0.0721. The molecule has 19 heavy (non-hydrogen) atoms. The van der Waals surface area contributed by atoms with E-state index in [0.29, 0.717) is 6.54 Å². The van der Waals surface area contributed by atoms with Crippen molar-refractivity contribution in [1.82, 2.24) is 0 Å². The molecule has 0 bridgehead atoms. The Morgan fingerprint density at radius 1 is 1.21 bits per heavy atom. The Labute approximate surface area is 115 Å². The molecular weight excluding hydrogens is 241 g/mol. The highest BCUT2D eigenvalue weighted by Gasteiger charge is 2.27. The second-order valence-electron chi connectivity index (χ2n) is 5.23. The van der Waals surface area contributed by atoms with Gasteiger partial charge >= 0.3 is 0 Å². The van der Waals surface area contributed by atoms with Gasteiger partial charge in [-0.05, 0) is 36.5 Å². The zero-order chi connectivity index (χ0) is 14.3. The fourth-order valence-corrected chi connectivity index (χ4v) is 2.77. The molecule has 0 saturated heterocycles. The second kappa shape index (κ2) is 8.28. The predicted molar refractivity (Wildman–Crippen MR) is 77.5 cm³/mol. The molecular formula is C16H26FNO. The van der Waals surface area contributed by atoms with Crippen LogP contribution in [0.15, 0.2) is 24.3 Å². The van der Waals surface area contributed by atoms with E-state index in [2.05, 4.69) is 13.8 Å². The average molecular weight is 267 g/mol. The number of halogens is 1. The van der Waals surface area contributed by atoms with Gasteiger partial charge in [-0.15, -0.1) is 0 Å². The molecule has 0 heterocycles. The molecule has 1 rings (SSSR count). The smallest absolute Gasteiger partial charge is 0.123 e. The Morgan fingerprint density at radius 2 is 1.84 bits per heavy atom. The molecule has 0 spiro atoms. The first-order valence-electron chi connectivity index (χ1n) is 7.27. The Kier molecular flexibility index (Phi) is 7.03. The van der Waals surface area contributed by atoms with Crippen molar-refractivity contribution in [2.24, 2.45) is 11.7 Å². The molecule has 1 aromatic rings. The van der Waals surface area contributed by atoms with Crippen molar-refractivity contribution in [3.63, 3.8) is 0 Å². The molecule has 0 radical (unpaired) electrons. The molecule has 0 amide bonds. The summed E-state index contributed by atoms with van der Waals surface area (Å²) in [5.41, 5.74) is 6.60. The summed E-state index contributed by atoms with van der Waals surface area (Å²) in [6.07, 6.45) is 3.57. The van der Waals surface area contributed by atoms with Gasteiger partial charge in [-0.3, -0.25) is 0 Å². The summed E-state index contributed by atoms with van der Waals surface area (Å²) in [6, 6.07) is 6.42. The van der Waals surface area contributed by atoms with Gasteiger partial charge in [-0.25, -0.2) is 4.39 Å². The molecule has 3 heteroatoms. The lowest BCUT2D eigenvalue weighted by atomic mass is 9.81. The van der Waals surface area contributed by atoms with Gasteiger partial charge in [0.1, 0.15) is 5.82 Å². The molecule has 2 atom stereocenters. The van der Waals surface area contributed by atoms with Gasteiger partial charge < -0.3 is 10.8 Å². The Hall–Kier alpha value is -0.930. The maximum atomic E-state index is 13.3. The van der Waals surface area contributed by atoms with Crippen LogP contribution in [0.1, 0.15) is 51.0 Å². The van der Waals surface area contributed by atoms with Gasteiger partial charge in [0.05, 0.1) is 6.10 Å². The average Bonchev–Trinajstić information content (AvgIpc) is 2.39. The van der Waals surface area contributed by atoms with E-state index in [1.807, 2.05) is 6.07 Å². The van der Waals surface area contributed by atoms with Crippen molar-refractivity contribution >= 4 is 0 Å². The SMILES string of the molecule is CCCC(CCC)C(O)C(CN)c1cccc(F)c1. The molecule has 3 N–H and O–H groups in total. The van der Waals surface area contributed by atoms with Gasteiger partial charge in [-0.1, -0.05) is 38.8 Å². The third-order valence-corrected chi connectivity index (χ3v) is 3.74. The van der Waals surface area contributed by atoms with Gasteiger partial charge in [0, 0.05) is 12.5 Å². The number of benzene rings is 1. The third-order valence-electron chi connectivity index (χ3n) is 3.74. The van der Waals surface area contributed by atoms with Crippen LogP contribution in [0.25, 0.3) is 0 Å². The summed E-state index contributed by atoms with van der Waals surface area (Å²) in [7, 11) is 0. The van der Waals surface area contributed by atoms with Gasteiger partial charge in [0.2, 0.25) is 0 Å². The quantitative estimate of drug-likeness (QED) is 0.758. The van der Waals surface area contributed by atoms with Crippen LogP contribution in [0.5, 0.6) is 0 Å². The summed E-state index contributed by atoms with van der Waals surface area (Å²) in [5, 5.41) is 10.6. The summed E-state index contributed by atoms with van der Waals surface area (Å²) < 4.78 is 13.3. The molecule has 0 fully saturated rings. The molecule has 1 aromatic carbocycles. The number of rotatable bonds is 8. The van der Waals surface area contributed by atoms with Crippen LogP contribution < -0.4 is 5.73 Å². The highest BCUT2D eigenvalue weighted by atomic mass is 19.1. The Balaban J connectivity index is 2.87. The molecule has 2 nitrogen and oxygen atoms in total. The second-order valence-corrected chi connectivity index (χ2v) is 5.23. The van der Waals surface area contributed by atoms with Gasteiger partial charge in [0.25, 0.3) is 0 Å². The number of aliphatic hydroxyl groups excluding tert-OH is 1. The van der Waals surface area contributed by atoms with E-state index in [9.17, 15) is 9.50 Å². The fourth-order valence-electron chi connectivity index (χ4n) is 2.77. The predicted octanol–water partition coefficient (Wildman–Crippen LogP) is 3.45. The summed E-state index contributed by atoms with van der Waals surface area (Å²) in [6.45, 7) is 4.58. The normalized spacial score (nSPS) is 14.6. The minimum absolute atomic E-state index is 0.182. The maximum Gasteiger partial charge on any atom is 0.123 e. The van der Waals surface area contributed by atoms with E-state index in [1.165, 1.54) is 12.1 Å². The maximum absolute atomic E-state index is 13.3. The molecule has 108 valence electrons. The lowest BCUT2D eigenvalue weighted by Crippen LogP contribution is -2.32. The molecule has 0 aromatic heterocycles. The van der Waals surface area contributed by atoms with E-state index in [4.69, 9.17) is 5.73 Å². The molecule has 0 aliphatic rings. The van der Waals surface area contributed by atoms with Crippen molar-refractivity contribution in [1.29, 1.82) is 0 Å². The first kappa shape index (κ1) is 16.1. The molecule has 2 unspecified atom stereocenters. The minimum atomic E-state index is -0.494. The van der Waals surface area contributed by atoms with E-state index in [0.717, 1.165) is 31.2 Å². The third kappa shape index (κ3) is 4.59. The highest BCUT2D eigenvalue weighted by Crippen LogP contribution is 2.29. The first-order valence-corrected chi connectivity index (χ1v) is 7.27. The van der Waals surface area contributed by atoms with Crippen LogP contribution in [0.2, 0.25) is 0 Å². The van der Waals surface area contributed by atoms with Crippen LogP contribution in [0, 0.1) is 11.7 Å². The van der Waals surface area contributed by atoms with Crippen molar-refractivity contribution in [3.05, 3.63) is 35.6 Å². The van der Waals surface area contributed by atoms with Crippen LogP contribution >= 0.6 is 0 Å². The van der Waals surface area contributed by atoms with Crippen LogP contribution in [-0.4, -0.2) is 17.8 Å². The van der Waals surface area contributed by atoms with Crippen molar-refractivity contribution in [2.45, 2.75) is 51.6 Å². The summed E-state index contributed by atoms with van der Waals surface area (Å²) in [5.74, 6) is -0.212. The lowest BCUT2D eigenvalue weighted by Gasteiger charge is -2.29. The monoisotopic (exact) mass is 267 g/mol. The standard InChI is InChI=1S/C16H26FNO/c1-3-6-12(7-4-2)16(19)15(11-18)13-8-5-9-14(17)10-13/h5,8-10,12,15-16,19H,3-4,6-7,11,18H2,1-2H3. The van der Waals surface area contributed by atoms with Crippen LogP contribution in [-0.2, 0) is 0 Å². The van der Waals surface area contributed by atoms with Crippen LogP contribution in [0.4, 0.5) is 4.39 Å². The Morgan fingerprint density at radius 3 is 2.32 bits per heavy atom. The minimum Gasteiger partial charge on any atom is -0.392 e. The van der Waals surface area contributed by atoms with Gasteiger partial charge in [0.15, 0.2) is 0 Å².